The van der Waals surface area contributed by atoms with Gasteiger partial charge in [-0.1, -0.05) is 12.1 Å². The van der Waals surface area contributed by atoms with Crippen molar-refractivity contribution in [2.75, 3.05) is 7.11 Å². The molecule has 4 heteroatoms. The molecule has 0 heterocycles. The SMILES string of the molecule is COc1cc(/C=C/C(=O)c2ccc(C#N)cc2)ccc1O. The molecule has 4 nitrogen and oxygen atoms in total. The molecule has 104 valence electrons. The van der Waals surface area contributed by atoms with Gasteiger partial charge in [-0.05, 0) is 48.0 Å². The van der Waals surface area contributed by atoms with E-state index in [2.05, 4.69) is 0 Å². The lowest BCUT2D eigenvalue weighted by Gasteiger charge is -2.03. The highest BCUT2D eigenvalue weighted by Crippen LogP contribution is 2.26. The number of aromatic hydroxyl groups is 1. The predicted molar refractivity (Wildman–Crippen MR) is 79.2 cm³/mol. The van der Waals surface area contributed by atoms with E-state index in [1.807, 2.05) is 6.07 Å². The molecule has 0 aliphatic heterocycles. The van der Waals surface area contributed by atoms with Crippen LogP contribution in [-0.2, 0) is 0 Å². The normalized spacial score (nSPS) is 10.3. The zero-order chi connectivity index (χ0) is 15.2. The number of allylic oxidation sites excluding steroid dienone is 1. The molecule has 0 aliphatic carbocycles. The molecule has 0 bridgehead atoms. The second-order valence-corrected chi connectivity index (χ2v) is 4.32. The van der Waals surface area contributed by atoms with Crippen LogP contribution in [0.3, 0.4) is 0 Å². The molecular formula is C17H13NO3. The first-order valence-electron chi connectivity index (χ1n) is 6.23. The Hall–Kier alpha value is -3.06. The van der Waals surface area contributed by atoms with Gasteiger partial charge in [-0.2, -0.15) is 5.26 Å². The number of phenolic OH excluding ortho intramolecular Hbond substituents is 1. The fourth-order valence-corrected chi connectivity index (χ4v) is 1.78. The molecule has 0 spiro atoms. The Labute approximate surface area is 122 Å². The maximum atomic E-state index is 12.0. The number of carbonyl (C=O) groups is 1. The molecule has 0 amide bonds. The molecular weight excluding hydrogens is 266 g/mol. The lowest BCUT2D eigenvalue weighted by molar-refractivity contribution is 0.104. The zero-order valence-electron chi connectivity index (χ0n) is 11.4. The summed E-state index contributed by atoms with van der Waals surface area (Å²) in [5.74, 6) is 0.238. The minimum absolute atomic E-state index is 0.0491. The fourth-order valence-electron chi connectivity index (χ4n) is 1.78. The van der Waals surface area contributed by atoms with Gasteiger partial charge in [-0.15, -0.1) is 0 Å². The van der Waals surface area contributed by atoms with Gasteiger partial charge in [0, 0.05) is 5.56 Å². The first-order valence-corrected chi connectivity index (χ1v) is 6.23. The molecule has 2 aromatic rings. The largest absolute Gasteiger partial charge is 0.504 e. The summed E-state index contributed by atoms with van der Waals surface area (Å²) in [6, 6.07) is 13.3. The van der Waals surface area contributed by atoms with Gasteiger partial charge in [0.15, 0.2) is 17.3 Å². The van der Waals surface area contributed by atoms with Gasteiger partial charge in [0.2, 0.25) is 0 Å². The highest BCUT2D eigenvalue weighted by molar-refractivity contribution is 6.06. The molecule has 2 rings (SSSR count). The number of ether oxygens (including phenoxy) is 1. The number of methoxy groups -OCH3 is 1. The molecule has 0 fully saturated rings. The number of nitriles is 1. The molecule has 0 saturated heterocycles. The molecule has 0 aliphatic rings. The molecule has 0 atom stereocenters. The molecule has 0 saturated carbocycles. The van der Waals surface area contributed by atoms with Crippen LogP contribution in [0.25, 0.3) is 6.08 Å². The van der Waals surface area contributed by atoms with E-state index in [0.29, 0.717) is 16.9 Å². The monoisotopic (exact) mass is 279 g/mol. The summed E-state index contributed by atoms with van der Waals surface area (Å²) in [5, 5.41) is 18.2. The molecule has 2 aromatic carbocycles. The van der Waals surface area contributed by atoms with Crippen LogP contribution in [0.1, 0.15) is 21.5 Å². The number of hydrogen-bond donors (Lipinski definition) is 1. The van der Waals surface area contributed by atoms with Crippen molar-refractivity contribution in [3.63, 3.8) is 0 Å². The summed E-state index contributed by atoms with van der Waals surface area (Å²) in [6.07, 6.45) is 3.08. The molecule has 0 aromatic heterocycles. The third-order valence-electron chi connectivity index (χ3n) is 2.93. The third kappa shape index (κ3) is 3.48. The van der Waals surface area contributed by atoms with Crippen LogP contribution in [0.4, 0.5) is 0 Å². The summed E-state index contributed by atoms with van der Waals surface area (Å²) >= 11 is 0. The van der Waals surface area contributed by atoms with Gasteiger partial charge in [-0.25, -0.2) is 0 Å². The maximum Gasteiger partial charge on any atom is 0.185 e. The van der Waals surface area contributed by atoms with Gasteiger partial charge in [0.05, 0.1) is 18.7 Å². The number of phenols is 1. The van der Waals surface area contributed by atoms with Gasteiger partial charge in [0.25, 0.3) is 0 Å². The van der Waals surface area contributed by atoms with Gasteiger partial charge >= 0.3 is 0 Å². The number of ketones is 1. The van der Waals surface area contributed by atoms with E-state index in [9.17, 15) is 9.90 Å². The Morgan fingerprint density at radius 1 is 1.24 bits per heavy atom. The van der Waals surface area contributed by atoms with Crippen molar-refractivity contribution in [1.82, 2.24) is 0 Å². The minimum atomic E-state index is -0.161. The highest BCUT2D eigenvalue weighted by atomic mass is 16.5. The van der Waals surface area contributed by atoms with E-state index in [0.717, 1.165) is 5.56 Å². The molecule has 0 unspecified atom stereocenters. The van der Waals surface area contributed by atoms with Crippen LogP contribution in [-0.4, -0.2) is 18.0 Å². The second-order valence-electron chi connectivity index (χ2n) is 4.32. The van der Waals surface area contributed by atoms with E-state index < -0.39 is 0 Å². The topological polar surface area (TPSA) is 70.3 Å². The summed E-state index contributed by atoms with van der Waals surface area (Å²) in [6.45, 7) is 0. The van der Waals surface area contributed by atoms with Gasteiger partial charge in [0.1, 0.15) is 0 Å². The first-order chi connectivity index (χ1) is 10.1. The van der Waals surface area contributed by atoms with Gasteiger partial charge in [-0.3, -0.25) is 4.79 Å². The summed E-state index contributed by atoms with van der Waals surface area (Å²) < 4.78 is 5.00. The van der Waals surface area contributed by atoms with Crippen LogP contribution in [0, 0.1) is 11.3 Å². The Balaban J connectivity index is 2.16. The van der Waals surface area contributed by atoms with Crippen molar-refractivity contribution >= 4 is 11.9 Å². The van der Waals surface area contributed by atoms with Crippen LogP contribution < -0.4 is 4.74 Å². The molecule has 21 heavy (non-hydrogen) atoms. The standard InChI is InChI=1S/C17H13NO3/c1-21-17-10-12(5-9-16(17)20)4-8-15(19)14-6-2-13(11-18)3-7-14/h2-10,20H,1H3/b8-4+. The summed E-state index contributed by atoms with van der Waals surface area (Å²) in [4.78, 5) is 12.0. The maximum absolute atomic E-state index is 12.0. The second kappa shape index (κ2) is 6.40. The summed E-state index contributed by atoms with van der Waals surface area (Å²) in [5.41, 5.74) is 1.77. The Kier molecular flexibility index (Phi) is 4.37. The Morgan fingerprint density at radius 3 is 2.57 bits per heavy atom. The van der Waals surface area contributed by atoms with Crippen LogP contribution in [0.15, 0.2) is 48.5 Å². The summed E-state index contributed by atoms with van der Waals surface area (Å²) in [7, 11) is 1.46. The number of carbonyl (C=O) groups excluding carboxylic acids is 1. The van der Waals surface area contributed by atoms with Crippen molar-refractivity contribution in [3.05, 3.63) is 65.2 Å². The number of rotatable bonds is 4. The van der Waals surface area contributed by atoms with Crippen LogP contribution in [0.5, 0.6) is 11.5 Å². The minimum Gasteiger partial charge on any atom is -0.504 e. The quantitative estimate of drug-likeness (QED) is 0.689. The van der Waals surface area contributed by atoms with E-state index in [4.69, 9.17) is 10.00 Å². The van der Waals surface area contributed by atoms with Crippen molar-refractivity contribution in [2.45, 2.75) is 0 Å². The van der Waals surface area contributed by atoms with E-state index in [1.165, 1.54) is 19.3 Å². The number of benzene rings is 2. The van der Waals surface area contributed by atoms with Crippen molar-refractivity contribution in [2.24, 2.45) is 0 Å². The van der Waals surface area contributed by atoms with E-state index >= 15 is 0 Å². The lowest BCUT2D eigenvalue weighted by atomic mass is 10.1. The Morgan fingerprint density at radius 2 is 1.95 bits per heavy atom. The van der Waals surface area contributed by atoms with Gasteiger partial charge < -0.3 is 9.84 Å². The predicted octanol–water partition coefficient (Wildman–Crippen LogP) is 3.17. The number of nitrogens with zero attached hydrogens (tertiary/aromatic N) is 1. The van der Waals surface area contributed by atoms with Crippen LogP contribution >= 0.6 is 0 Å². The fraction of sp³-hybridized carbons (Fsp3) is 0.0588. The molecule has 1 N–H and O–H groups in total. The molecule has 0 radical (unpaired) electrons. The van der Waals surface area contributed by atoms with Crippen molar-refractivity contribution < 1.29 is 14.6 Å². The Bertz CT molecular complexity index is 725. The van der Waals surface area contributed by atoms with E-state index in [-0.39, 0.29) is 11.5 Å². The zero-order valence-corrected chi connectivity index (χ0v) is 11.4. The van der Waals surface area contributed by atoms with Crippen molar-refractivity contribution in [1.29, 1.82) is 5.26 Å². The smallest absolute Gasteiger partial charge is 0.185 e. The van der Waals surface area contributed by atoms with Crippen molar-refractivity contribution in [3.8, 4) is 17.6 Å². The highest BCUT2D eigenvalue weighted by Gasteiger charge is 2.03. The van der Waals surface area contributed by atoms with E-state index in [1.54, 1.807) is 42.5 Å². The van der Waals surface area contributed by atoms with Crippen LogP contribution in [0.2, 0.25) is 0 Å². The third-order valence-corrected chi connectivity index (χ3v) is 2.93. The average molecular weight is 279 g/mol. The lowest BCUT2D eigenvalue weighted by Crippen LogP contribution is -1.93. The number of hydrogen-bond acceptors (Lipinski definition) is 4. The first kappa shape index (κ1) is 14.4. The average Bonchev–Trinajstić information content (AvgIpc) is 2.53.